The molecular formula is C16H14ClNO. The van der Waals surface area contributed by atoms with E-state index in [0.29, 0.717) is 21.8 Å². The van der Waals surface area contributed by atoms with Gasteiger partial charge in [-0.1, -0.05) is 29.8 Å². The fourth-order valence-corrected chi connectivity index (χ4v) is 2.81. The summed E-state index contributed by atoms with van der Waals surface area (Å²) in [6.07, 6.45) is 3.34. The van der Waals surface area contributed by atoms with Crippen LogP contribution in [0, 0.1) is 0 Å². The van der Waals surface area contributed by atoms with Crippen molar-refractivity contribution in [3.05, 3.63) is 63.7 Å². The first-order chi connectivity index (χ1) is 9.16. The van der Waals surface area contributed by atoms with Crippen molar-refractivity contribution in [2.45, 2.75) is 19.3 Å². The lowest BCUT2D eigenvalue weighted by atomic mass is 9.99. The highest BCUT2D eigenvalue weighted by atomic mass is 35.5. The molecule has 0 atom stereocenters. The van der Waals surface area contributed by atoms with Crippen molar-refractivity contribution in [2.24, 2.45) is 0 Å². The lowest BCUT2D eigenvalue weighted by Gasteiger charge is -2.07. The van der Waals surface area contributed by atoms with Crippen LogP contribution in [0.3, 0.4) is 0 Å². The Bertz CT molecular complexity index is 664. The van der Waals surface area contributed by atoms with Crippen LogP contribution in [-0.4, -0.2) is 5.78 Å². The molecule has 3 heteroatoms. The van der Waals surface area contributed by atoms with Gasteiger partial charge in [0, 0.05) is 11.1 Å². The van der Waals surface area contributed by atoms with Gasteiger partial charge in [-0.25, -0.2) is 0 Å². The number of nitrogens with two attached hydrogens (primary N) is 1. The summed E-state index contributed by atoms with van der Waals surface area (Å²) < 4.78 is 0. The number of hydrogen-bond donors (Lipinski definition) is 1. The zero-order valence-corrected chi connectivity index (χ0v) is 11.2. The van der Waals surface area contributed by atoms with Crippen molar-refractivity contribution in [1.29, 1.82) is 0 Å². The van der Waals surface area contributed by atoms with Crippen molar-refractivity contribution >= 4 is 23.1 Å². The van der Waals surface area contributed by atoms with Gasteiger partial charge in [0.1, 0.15) is 0 Å². The highest BCUT2D eigenvalue weighted by Crippen LogP contribution is 2.28. The molecule has 2 aromatic rings. The van der Waals surface area contributed by atoms with E-state index < -0.39 is 0 Å². The van der Waals surface area contributed by atoms with Gasteiger partial charge in [0.2, 0.25) is 0 Å². The van der Waals surface area contributed by atoms with Crippen LogP contribution in [0.1, 0.15) is 33.5 Å². The minimum Gasteiger partial charge on any atom is -0.398 e. The maximum Gasteiger partial charge on any atom is 0.194 e. The van der Waals surface area contributed by atoms with Crippen LogP contribution in [-0.2, 0) is 12.8 Å². The van der Waals surface area contributed by atoms with E-state index in [4.69, 9.17) is 17.3 Å². The standard InChI is InChI=1S/C16H14ClNO/c17-15-13(5-2-6-14(15)18)16(19)12-8-7-10-3-1-4-11(10)9-12/h2,5-9H,1,3-4,18H2. The quantitative estimate of drug-likeness (QED) is 0.669. The summed E-state index contributed by atoms with van der Waals surface area (Å²) >= 11 is 6.11. The van der Waals surface area contributed by atoms with Crippen LogP contribution < -0.4 is 5.73 Å². The Morgan fingerprint density at radius 3 is 2.74 bits per heavy atom. The zero-order valence-electron chi connectivity index (χ0n) is 10.4. The molecule has 1 aliphatic rings. The molecule has 0 radical (unpaired) electrons. The zero-order chi connectivity index (χ0) is 13.4. The van der Waals surface area contributed by atoms with E-state index in [0.717, 1.165) is 12.8 Å². The van der Waals surface area contributed by atoms with Gasteiger partial charge in [0.15, 0.2) is 5.78 Å². The molecule has 0 saturated carbocycles. The molecule has 0 aliphatic heterocycles. The Labute approximate surface area is 117 Å². The summed E-state index contributed by atoms with van der Waals surface area (Å²) in [6, 6.07) is 11.1. The Morgan fingerprint density at radius 2 is 1.89 bits per heavy atom. The van der Waals surface area contributed by atoms with Crippen LogP contribution >= 0.6 is 11.6 Å². The van der Waals surface area contributed by atoms with Crippen LogP contribution in [0.25, 0.3) is 0 Å². The fraction of sp³-hybridized carbons (Fsp3) is 0.188. The number of benzene rings is 2. The van der Waals surface area contributed by atoms with E-state index in [9.17, 15) is 4.79 Å². The van der Waals surface area contributed by atoms with Crippen LogP contribution in [0.4, 0.5) is 5.69 Å². The number of rotatable bonds is 2. The summed E-state index contributed by atoms with van der Waals surface area (Å²) in [5, 5.41) is 0.341. The normalized spacial score (nSPS) is 13.3. The highest BCUT2D eigenvalue weighted by Gasteiger charge is 2.17. The van der Waals surface area contributed by atoms with E-state index in [-0.39, 0.29) is 5.78 Å². The first-order valence-electron chi connectivity index (χ1n) is 6.37. The molecule has 0 fully saturated rings. The molecule has 0 amide bonds. The second-order valence-electron chi connectivity index (χ2n) is 4.87. The predicted molar refractivity (Wildman–Crippen MR) is 77.8 cm³/mol. The topological polar surface area (TPSA) is 43.1 Å². The second kappa shape index (κ2) is 4.71. The lowest BCUT2D eigenvalue weighted by molar-refractivity contribution is 0.103. The SMILES string of the molecule is Nc1cccc(C(=O)c2ccc3c(c2)CCC3)c1Cl. The molecule has 96 valence electrons. The third-order valence-electron chi connectivity index (χ3n) is 3.63. The van der Waals surface area contributed by atoms with Crippen molar-refractivity contribution in [3.8, 4) is 0 Å². The number of fused-ring (bicyclic) bond motifs is 1. The Kier molecular flexibility index (Phi) is 3.03. The summed E-state index contributed by atoms with van der Waals surface area (Å²) in [5.41, 5.74) is 9.98. The summed E-state index contributed by atoms with van der Waals surface area (Å²) in [5.74, 6) is -0.0630. The van der Waals surface area contributed by atoms with Crippen molar-refractivity contribution in [3.63, 3.8) is 0 Å². The molecule has 0 unspecified atom stereocenters. The third kappa shape index (κ3) is 2.13. The number of aryl methyl sites for hydroxylation is 2. The molecule has 2 nitrogen and oxygen atoms in total. The van der Waals surface area contributed by atoms with E-state index in [1.807, 2.05) is 12.1 Å². The van der Waals surface area contributed by atoms with Gasteiger partial charge in [-0.3, -0.25) is 4.79 Å². The maximum absolute atomic E-state index is 12.5. The van der Waals surface area contributed by atoms with E-state index in [1.165, 1.54) is 17.5 Å². The van der Waals surface area contributed by atoms with E-state index >= 15 is 0 Å². The van der Waals surface area contributed by atoms with Crippen molar-refractivity contribution < 1.29 is 4.79 Å². The molecule has 0 aromatic heterocycles. The van der Waals surface area contributed by atoms with Crippen LogP contribution in [0.15, 0.2) is 36.4 Å². The van der Waals surface area contributed by atoms with E-state index in [1.54, 1.807) is 18.2 Å². The summed E-state index contributed by atoms with van der Waals surface area (Å²) in [4.78, 5) is 12.5. The number of nitrogen functional groups attached to an aromatic ring is 1. The molecule has 19 heavy (non-hydrogen) atoms. The number of anilines is 1. The smallest absolute Gasteiger partial charge is 0.194 e. The molecule has 0 heterocycles. The number of ketones is 1. The van der Waals surface area contributed by atoms with Gasteiger partial charge in [-0.15, -0.1) is 0 Å². The molecule has 2 N–H and O–H groups in total. The van der Waals surface area contributed by atoms with Gasteiger partial charge in [0.25, 0.3) is 0 Å². The highest BCUT2D eigenvalue weighted by molar-refractivity contribution is 6.37. The van der Waals surface area contributed by atoms with E-state index in [2.05, 4.69) is 6.07 Å². The minimum absolute atomic E-state index is 0.0630. The average Bonchev–Trinajstić information content (AvgIpc) is 2.88. The fourth-order valence-electron chi connectivity index (χ4n) is 2.59. The van der Waals surface area contributed by atoms with Crippen LogP contribution in [0.5, 0.6) is 0 Å². The van der Waals surface area contributed by atoms with Gasteiger partial charge >= 0.3 is 0 Å². The number of hydrogen-bond acceptors (Lipinski definition) is 2. The Balaban J connectivity index is 2.02. The molecule has 1 aliphatic carbocycles. The second-order valence-corrected chi connectivity index (χ2v) is 5.25. The maximum atomic E-state index is 12.5. The summed E-state index contributed by atoms with van der Waals surface area (Å²) in [7, 11) is 0. The molecule has 2 aromatic carbocycles. The van der Waals surface area contributed by atoms with Gasteiger partial charge < -0.3 is 5.73 Å². The number of halogens is 1. The molecule has 3 rings (SSSR count). The molecular weight excluding hydrogens is 258 g/mol. The van der Waals surface area contributed by atoms with Crippen molar-refractivity contribution in [1.82, 2.24) is 0 Å². The largest absolute Gasteiger partial charge is 0.398 e. The first kappa shape index (κ1) is 12.2. The monoisotopic (exact) mass is 271 g/mol. The Hall–Kier alpha value is -1.80. The van der Waals surface area contributed by atoms with Gasteiger partial charge in [0.05, 0.1) is 10.7 Å². The summed E-state index contributed by atoms with van der Waals surface area (Å²) in [6.45, 7) is 0. The lowest BCUT2D eigenvalue weighted by Crippen LogP contribution is -2.04. The van der Waals surface area contributed by atoms with Gasteiger partial charge in [-0.05, 0) is 48.6 Å². The number of carbonyl (C=O) groups is 1. The average molecular weight is 272 g/mol. The van der Waals surface area contributed by atoms with Crippen molar-refractivity contribution in [2.75, 3.05) is 5.73 Å². The molecule has 0 spiro atoms. The number of carbonyl (C=O) groups excluding carboxylic acids is 1. The Morgan fingerprint density at radius 1 is 1.11 bits per heavy atom. The molecule has 0 saturated heterocycles. The minimum atomic E-state index is -0.0630. The predicted octanol–water partition coefficient (Wildman–Crippen LogP) is 3.64. The van der Waals surface area contributed by atoms with Gasteiger partial charge in [-0.2, -0.15) is 0 Å². The molecule has 0 bridgehead atoms. The third-order valence-corrected chi connectivity index (χ3v) is 4.06. The van der Waals surface area contributed by atoms with Crippen LogP contribution in [0.2, 0.25) is 5.02 Å². The first-order valence-corrected chi connectivity index (χ1v) is 6.75.